The van der Waals surface area contributed by atoms with Crippen molar-refractivity contribution in [2.45, 2.75) is 12.5 Å². The van der Waals surface area contributed by atoms with Gasteiger partial charge in [0.1, 0.15) is 17.1 Å². The van der Waals surface area contributed by atoms with E-state index in [2.05, 4.69) is 5.32 Å². The molecule has 130 valence electrons. The van der Waals surface area contributed by atoms with Gasteiger partial charge in [-0.1, -0.05) is 42.5 Å². The lowest BCUT2D eigenvalue weighted by Gasteiger charge is -2.15. The molecule has 1 unspecified atom stereocenters. The van der Waals surface area contributed by atoms with Crippen LogP contribution in [0.4, 0.5) is 4.39 Å². The first-order chi connectivity index (χ1) is 11.9. The molecule has 6 heteroatoms. The molecule has 25 heavy (non-hydrogen) atoms. The molecule has 1 atom stereocenters. The Balaban J connectivity index is 2.32. The molecule has 0 aromatic heterocycles. The van der Waals surface area contributed by atoms with E-state index < -0.39 is 23.6 Å². The summed E-state index contributed by atoms with van der Waals surface area (Å²) in [5.41, 5.74) is 0.498. The SMILES string of the molecule is CNC(=O)/C(C(=N)c1ccccc1)=C(/O)CC(O)c1ccc(F)cc1. The Morgan fingerprint density at radius 1 is 1.16 bits per heavy atom. The summed E-state index contributed by atoms with van der Waals surface area (Å²) in [6.45, 7) is 0. The zero-order valence-corrected chi connectivity index (χ0v) is 13.7. The Morgan fingerprint density at radius 3 is 2.32 bits per heavy atom. The van der Waals surface area contributed by atoms with Crippen molar-refractivity contribution in [3.63, 3.8) is 0 Å². The van der Waals surface area contributed by atoms with Crippen LogP contribution in [0.15, 0.2) is 65.9 Å². The van der Waals surface area contributed by atoms with E-state index in [0.717, 1.165) is 0 Å². The lowest BCUT2D eigenvalue weighted by Crippen LogP contribution is -2.27. The van der Waals surface area contributed by atoms with Gasteiger partial charge in [0.05, 0.1) is 11.8 Å². The second kappa shape index (κ2) is 8.21. The average molecular weight is 342 g/mol. The van der Waals surface area contributed by atoms with E-state index in [1.807, 2.05) is 0 Å². The van der Waals surface area contributed by atoms with E-state index in [4.69, 9.17) is 5.41 Å². The number of amides is 1. The fourth-order valence-corrected chi connectivity index (χ4v) is 2.35. The van der Waals surface area contributed by atoms with Crippen molar-refractivity contribution in [2.75, 3.05) is 7.05 Å². The van der Waals surface area contributed by atoms with Crippen LogP contribution in [0.25, 0.3) is 0 Å². The molecule has 2 aromatic rings. The first kappa shape index (κ1) is 18.4. The molecule has 0 aliphatic heterocycles. The van der Waals surface area contributed by atoms with Crippen LogP contribution >= 0.6 is 0 Å². The van der Waals surface area contributed by atoms with Gasteiger partial charge in [-0.2, -0.15) is 0 Å². The summed E-state index contributed by atoms with van der Waals surface area (Å²) in [4.78, 5) is 12.1. The maximum atomic E-state index is 13.0. The Kier molecular flexibility index (Phi) is 6.03. The molecule has 0 bridgehead atoms. The van der Waals surface area contributed by atoms with Gasteiger partial charge in [0.15, 0.2) is 0 Å². The highest BCUT2D eigenvalue weighted by atomic mass is 19.1. The van der Waals surface area contributed by atoms with Crippen molar-refractivity contribution in [3.05, 3.63) is 82.9 Å². The fourth-order valence-electron chi connectivity index (χ4n) is 2.35. The number of nitrogens with one attached hydrogen (secondary N) is 2. The number of benzene rings is 2. The van der Waals surface area contributed by atoms with E-state index in [1.165, 1.54) is 31.3 Å². The molecule has 0 fully saturated rings. The van der Waals surface area contributed by atoms with Crippen LogP contribution in [0, 0.1) is 11.2 Å². The van der Waals surface area contributed by atoms with Gasteiger partial charge in [-0.25, -0.2) is 4.39 Å². The molecule has 2 aromatic carbocycles. The number of carbonyl (C=O) groups excluding carboxylic acids is 1. The van der Waals surface area contributed by atoms with Gasteiger partial charge in [-0.05, 0) is 17.7 Å². The highest BCUT2D eigenvalue weighted by Crippen LogP contribution is 2.23. The van der Waals surface area contributed by atoms with Gasteiger partial charge in [-0.3, -0.25) is 10.2 Å². The quantitative estimate of drug-likeness (QED) is 0.369. The number of carbonyl (C=O) groups is 1. The summed E-state index contributed by atoms with van der Waals surface area (Å²) in [7, 11) is 1.39. The van der Waals surface area contributed by atoms with Crippen molar-refractivity contribution in [2.24, 2.45) is 0 Å². The average Bonchev–Trinajstić information content (AvgIpc) is 2.62. The van der Waals surface area contributed by atoms with Gasteiger partial charge < -0.3 is 15.5 Å². The topological polar surface area (TPSA) is 93.4 Å². The first-order valence-electron chi connectivity index (χ1n) is 7.66. The summed E-state index contributed by atoms with van der Waals surface area (Å²) in [6.07, 6.45) is -1.41. The van der Waals surface area contributed by atoms with Crippen LogP contribution < -0.4 is 5.32 Å². The van der Waals surface area contributed by atoms with Crippen LogP contribution in [0.1, 0.15) is 23.7 Å². The van der Waals surface area contributed by atoms with E-state index in [-0.39, 0.29) is 17.7 Å². The summed E-state index contributed by atoms with van der Waals surface area (Å²) in [5.74, 6) is -1.48. The molecule has 0 saturated carbocycles. The van der Waals surface area contributed by atoms with Gasteiger partial charge in [0.25, 0.3) is 5.91 Å². The molecular formula is C19H19FN2O3. The minimum absolute atomic E-state index is 0.149. The predicted molar refractivity (Wildman–Crippen MR) is 93.0 cm³/mol. The normalized spacial score (nSPS) is 12.9. The van der Waals surface area contributed by atoms with Crippen LogP contribution in [0.2, 0.25) is 0 Å². The Bertz CT molecular complexity index is 786. The first-order valence-corrected chi connectivity index (χ1v) is 7.66. The summed E-state index contributed by atoms with van der Waals surface area (Å²) < 4.78 is 13.0. The molecule has 0 saturated heterocycles. The largest absolute Gasteiger partial charge is 0.511 e. The number of aliphatic hydroxyl groups is 2. The molecule has 5 nitrogen and oxygen atoms in total. The Hall–Kier alpha value is -2.99. The molecule has 0 aliphatic carbocycles. The van der Waals surface area contributed by atoms with E-state index >= 15 is 0 Å². The maximum absolute atomic E-state index is 13.0. The lowest BCUT2D eigenvalue weighted by molar-refractivity contribution is -0.116. The third-order valence-electron chi connectivity index (χ3n) is 3.70. The Labute approximate surface area is 145 Å². The molecule has 2 rings (SSSR count). The van der Waals surface area contributed by atoms with Crippen LogP contribution in [0.5, 0.6) is 0 Å². The zero-order valence-electron chi connectivity index (χ0n) is 13.7. The van der Waals surface area contributed by atoms with Crippen molar-refractivity contribution in [3.8, 4) is 0 Å². The molecular weight excluding hydrogens is 323 g/mol. The monoisotopic (exact) mass is 342 g/mol. The zero-order chi connectivity index (χ0) is 18.4. The van der Waals surface area contributed by atoms with Gasteiger partial charge in [0, 0.05) is 19.0 Å². The number of halogens is 1. The van der Waals surface area contributed by atoms with E-state index in [1.54, 1.807) is 30.3 Å². The highest BCUT2D eigenvalue weighted by Gasteiger charge is 2.22. The van der Waals surface area contributed by atoms with E-state index in [0.29, 0.717) is 11.1 Å². The molecule has 0 aliphatic rings. The third-order valence-corrected chi connectivity index (χ3v) is 3.70. The third kappa shape index (κ3) is 4.51. The van der Waals surface area contributed by atoms with Crippen molar-refractivity contribution >= 4 is 11.6 Å². The number of hydrogen-bond acceptors (Lipinski definition) is 4. The molecule has 1 amide bonds. The smallest absolute Gasteiger partial charge is 0.256 e. The van der Waals surface area contributed by atoms with Gasteiger partial charge >= 0.3 is 0 Å². The number of hydrogen-bond donors (Lipinski definition) is 4. The van der Waals surface area contributed by atoms with Gasteiger partial charge in [0.2, 0.25) is 0 Å². The predicted octanol–water partition coefficient (Wildman–Crippen LogP) is 2.88. The van der Waals surface area contributed by atoms with Crippen LogP contribution in [-0.2, 0) is 4.79 Å². The number of rotatable bonds is 6. The maximum Gasteiger partial charge on any atom is 0.256 e. The second-order valence-electron chi connectivity index (χ2n) is 5.41. The number of aliphatic hydroxyl groups excluding tert-OH is 2. The minimum atomic E-state index is -1.14. The molecule has 0 spiro atoms. The molecule has 4 N–H and O–H groups in total. The molecule has 0 heterocycles. The summed E-state index contributed by atoms with van der Waals surface area (Å²) >= 11 is 0. The second-order valence-corrected chi connectivity index (χ2v) is 5.41. The lowest BCUT2D eigenvalue weighted by atomic mass is 9.97. The highest BCUT2D eigenvalue weighted by molar-refractivity contribution is 6.27. The fraction of sp³-hybridized carbons (Fsp3) is 0.158. The van der Waals surface area contributed by atoms with Crippen molar-refractivity contribution in [1.82, 2.24) is 5.32 Å². The number of likely N-dealkylation sites (N-methyl/N-ethyl adjacent to an activating group) is 1. The van der Waals surface area contributed by atoms with Crippen LogP contribution in [0.3, 0.4) is 0 Å². The van der Waals surface area contributed by atoms with E-state index in [9.17, 15) is 19.4 Å². The summed E-state index contributed by atoms with van der Waals surface area (Å²) in [5, 5.41) is 31.2. The Morgan fingerprint density at radius 2 is 1.76 bits per heavy atom. The summed E-state index contributed by atoms with van der Waals surface area (Å²) in [6, 6.07) is 13.7. The molecule has 0 radical (unpaired) electrons. The van der Waals surface area contributed by atoms with Crippen molar-refractivity contribution in [1.29, 1.82) is 5.41 Å². The minimum Gasteiger partial charge on any atom is -0.511 e. The standard InChI is InChI=1S/C19H19FN2O3/c1-22-19(25)17(18(21)13-5-3-2-4-6-13)16(24)11-15(23)12-7-9-14(20)10-8-12/h2-10,15,21,23-24H,11H2,1H3,(H,22,25)/b17-16+,21-18?. The van der Waals surface area contributed by atoms with Gasteiger partial charge in [-0.15, -0.1) is 0 Å². The van der Waals surface area contributed by atoms with Crippen molar-refractivity contribution < 1.29 is 19.4 Å². The van der Waals surface area contributed by atoms with Crippen LogP contribution in [-0.4, -0.2) is 28.9 Å².